The van der Waals surface area contributed by atoms with Gasteiger partial charge in [0.1, 0.15) is 28.1 Å². The first-order chi connectivity index (χ1) is 24.0. The van der Waals surface area contributed by atoms with Crippen molar-refractivity contribution in [3.05, 3.63) is 35.9 Å². The van der Waals surface area contributed by atoms with Crippen LogP contribution >= 0.6 is 23.2 Å². The number of benzene rings is 1. The first kappa shape index (κ1) is 40.9. The van der Waals surface area contributed by atoms with Crippen molar-refractivity contribution < 1.29 is 38.3 Å². The molecule has 1 saturated heterocycles. The lowest BCUT2D eigenvalue weighted by atomic mass is 9.85. The highest BCUT2D eigenvalue weighted by molar-refractivity contribution is 6.51. The Labute approximate surface area is 314 Å². The Bertz CT molecular complexity index is 1570. The molecule has 2 aliphatic carbocycles. The number of halogens is 2. The van der Waals surface area contributed by atoms with Crippen molar-refractivity contribution in [2.75, 3.05) is 27.2 Å². The molecule has 2 saturated carbocycles. The van der Waals surface area contributed by atoms with E-state index in [0.29, 0.717) is 5.56 Å². The molecule has 1 aromatic rings. The molecule has 3 aliphatic rings. The number of fused-ring (bicyclic) bond motifs is 1. The number of ketones is 1. The standard InChI is InChI=1S/C36H50Cl2N6O8/c1-34(2,3)28(42-33(51)52-35(4,5)6)32(50)44-18-21-24(36(21,37)38)26(44)29(47)40-22(16-19-14-15-19)27(46)30(48)39-17-23(45)41-25(31(49)43(7)8)20-12-10-9-11-13-20/h9-13,19,21-22,24-26,28H,14-18H2,1-8H3,(H,39,48)(H,40,47)(H,41,45)(H,42,51)/t21?,22?,24?,25?,26-,28?/m0/s1. The van der Waals surface area contributed by atoms with Gasteiger partial charge in [-0.25, -0.2) is 4.79 Å². The van der Waals surface area contributed by atoms with Crippen molar-refractivity contribution in [3.63, 3.8) is 0 Å². The summed E-state index contributed by atoms with van der Waals surface area (Å²) < 4.78 is 4.10. The van der Waals surface area contributed by atoms with Crippen LogP contribution in [0.25, 0.3) is 0 Å². The number of alkyl carbamates (subject to hydrolysis) is 1. The molecular weight excluding hydrogens is 715 g/mol. The second kappa shape index (κ2) is 15.6. The molecule has 1 heterocycles. The second-order valence-corrected chi connectivity index (χ2v) is 17.6. The topological polar surface area (TPSA) is 183 Å². The zero-order chi connectivity index (χ0) is 38.9. The van der Waals surface area contributed by atoms with Crippen LogP contribution in [0.4, 0.5) is 4.79 Å². The van der Waals surface area contributed by atoms with Gasteiger partial charge in [0.05, 0.1) is 12.6 Å². The van der Waals surface area contributed by atoms with Crippen LogP contribution in [-0.4, -0.2) is 106 Å². The number of nitrogens with one attached hydrogen (secondary N) is 4. The Morgan fingerprint density at radius 3 is 2.10 bits per heavy atom. The smallest absolute Gasteiger partial charge is 0.408 e. The van der Waals surface area contributed by atoms with E-state index in [0.717, 1.165) is 12.8 Å². The van der Waals surface area contributed by atoms with Gasteiger partial charge in [-0.05, 0) is 44.1 Å². The largest absolute Gasteiger partial charge is 0.444 e. The SMILES string of the molecule is CN(C)C(=O)C(NC(=O)CNC(=O)C(=O)C(CC1CC1)NC(=O)[C@@H]1C2C(CN1C(=O)C(NC(=O)OC(C)(C)C)C(C)(C)C)C2(Cl)Cl)c1ccccc1. The highest BCUT2D eigenvalue weighted by Gasteiger charge is 2.74. The number of Topliss-reactive ketones (excluding diaryl/α,β-unsaturated/α-hetero) is 1. The number of hydrogen-bond donors (Lipinski definition) is 4. The van der Waals surface area contributed by atoms with Crippen LogP contribution < -0.4 is 21.3 Å². The van der Waals surface area contributed by atoms with Gasteiger partial charge in [-0.1, -0.05) is 63.9 Å². The molecule has 0 radical (unpaired) electrons. The molecule has 0 spiro atoms. The van der Waals surface area contributed by atoms with Crippen LogP contribution in [0.1, 0.15) is 72.4 Å². The fraction of sp³-hybridized carbons (Fsp3) is 0.639. The molecule has 6 atom stereocenters. The highest BCUT2D eigenvalue weighted by Crippen LogP contribution is 2.65. The van der Waals surface area contributed by atoms with Crippen molar-refractivity contribution in [2.24, 2.45) is 23.2 Å². The van der Waals surface area contributed by atoms with Gasteiger partial charge < -0.3 is 35.8 Å². The molecule has 6 amide bonds. The summed E-state index contributed by atoms with van der Waals surface area (Å²) in [5.74, 6) is -5.43. The minimum absolute atomic E-state index is 0.0360. The van der Waals surface area contributed by atoms with Crippen LogP contribution in [-0.2, 0) is 33.5 Å². The summed E-state index contributed by atoms with van der Waals surface area (Å²) in [5.41, 5.74) is -1.08. The molecule has 52 heavy (non-hydrogen) atoms. The number of hydrogen-bond acceptors (Lipinski definition) is 8. The Kier molecular flexibility index (Phi) is 12.3. The van der Waals surface area contributed by atoms with Gasteiger partial charge >= 0.3 is 6.09 Å². The van der Waals surface area contributed by atoms with E-state index in [-0.39, 0.29) is 24.8 Å². The summed E-state index contributed by atoms with van der Waals surface area (Å²) in [5, 5.41) is 10.3. The summed E-state index contributed by atoms with van der Waals surface area (Å²) in [7, 11) is 3.10. The third-order valence-electron chi connectivity index (χ3n) is 9.32. The van der Waals surface area contributed by atoms with E-state index in [2.05, 4.69) is 21.3 Å². The van der Waals surface area contributed by atoms with Crippen LogP contribution in [0.15, 0.2) is 30.3 Å². The summed E-state index contributed by atoms with van der Waals surface area (Å²) >= 11 is 13.1. The molecule has 4 N–H and O–H groups in total. The lowest BCUT2D eigenvalue weighted by Gasteiger charge is -2.37. The second-order valence-electron chi connectivity index (χ2n) is 16.1. The van der Waals surface area contributed by atoms with Crippen molar-refractivity contribution >= 4 is 64.6 Å². The monoisotopic (exact) mass is 764 g/mol. The van der Waals surface area contributed by atoms with E-state index in [1.165, 1.54) is 9.80 Å². The highest BCUT2D eigenvalue weighted by atomic mass is 35.5. The normalized spacial score (nSPS) is 22.1. The van der Waals surface area contributed by atoms with Crippen LogP contribution in [0, 0.1) is 23.2 Å². The molecule has 16 heteroatoms. The number of alkyl halides is 2. The molecular formula is C36H50Cl2N6O8. The number of amides is 6. The predicted molar refractivity (Wildman–Crippen MR) is 193 cm³/mol. The Morgan fingerprint density at radius 2 is 1.56 bits per heavy atom. The minimum atomic E-state index is -1.29. The summed E-state index contributed by atoms with van der Waals surface area (Å²) in [6, 6.07) is 4.02. The molecule has 286 valence electrons. The van der Waals surface area contributed by atoms with Gasteiger partial charge in [0.25, 0.3) is 5.91 Å². The zero-order valence-corrected chi connectivity index (χ0v) is 32.4. The number of likely N-dealkylation sites (N-methyl/N-ethyl adjacent to an activating group) is 1. The maximum atomic E-state index is 14.1. The molecule has 1 aliphatic heterocycles. The summed E-state index contributed by atoms with van der Waals surface area (Å²) in [6.07, 6.45) is 0.979. The number of likely N-dealkylation sites (tertiary alicyclic amines) is 1. The van der Waals surface area contributed by atoms with Crippen LogP contribution in [0.5, 0.6) is 0 Å². The van der Waals surface area contributed by atoms with Gasteiger partial charge in [0.2, 0.25) is 29.4 Å². The Hall–Kier alpha value is -3.91. The summed E-state index contributed by atoms with van der Waals surface area (Å²) in [4.78, 5) is 95.8. The molecule has 1 aromatic carbocycles. The summed E-state index contributed by atoms with van der Waals surface area (Å²) in [6.45, 7) is 9.80. The molecule has 14 nitrogen and oxygen atoms in total. The van der Waals surface area contributed by atoms with Crippen LogP contribution in [0.2, 0.25) is 0 Å². The molecule has 0 aromatic heterocycles. The van der Waals surface area contributed by atoms with Crippen molar-refractivity contribution in [3.8, 4) is 0 Å². The third kappa shape index (κ3) is 9.94. The van der Waals surface area contributed by atoms with Gasteiger partial charge in [0.15, 0.2) is 0 Å². The Balaban J connectivity index is 1.46. The molecule has 3 fully saturated rings. The van der Waals surface area contributed by atoms with E-state index in [9.17, 15) is 33.6 Å². The number of ether oxygens (including phenoxy) is 1. The molecule has 4 rings (SSSR count). The van der Waals surface area contributed by atoms with E-state index >= 15 is 0 Å². The number of carbonyl (C=O) groups excluding carboxylic acids is 7. The molecule has 0 bridgehead atoms. The number of piperidine rings is 1. The fourth-order valence-corrected chi connectivity index (χ4v) is 7.18. The zero-order valence-electron chi connectivity index (χ0n) is 30.9. The van der Waals surface area contributed by atoms with Crippen molar-refractivity contribution in [1.82, 2.24) is 31.1 Å². The first-order valence-corrected chi connectivity index (χ1v) is 18.1. The lowest BCUT2D eigenvalue weighted by molar-refractivity contribution is -0.145. The Morgan fingerprint density at radius 1 is 0.942 bits per heavy atom. The quantitative estimate of drug-likeness (QED) is 0.175. The van der Waals surface area contributed by atoms with Gasteiger partial charge in [-0.15, -0.1) is 23.2 Å². The number of rotatable bonds is 13. The van der Waals surface area contributed by atoms with Crippen molar-refractivity contribution in [2.45, 2.75) is 94.9 Å². The fourth-order valence-electron chi connectivity index (χ4n) is 6.36. The first-order valence-electron chi connectivity index (χ1n) is 17.4. The van der Waals surface area contributed by atoms with Gasteiger partial charge in [-0.3, -0.25) is 28.8 Å². The number of carbonyl (C=O) groups is 7. The number of nitrogens with zero attached hydrogens (tertiary/aromatic N) is 2. The molecule has 5 unspecified atom stereocenters. The van der Waals surface area contributed by atoms with Crippen LogP contribution in [0.3, 0.4) is 0 Å². The third-order valence-corrected chi connectivity index (χ3v) is 10.4. The van der Waals surface area contributed by atoms with E-state index < -0.39 is 93.4 Å². The predicted octanol–water partition coefficient (Wildman–Crippen LogP) is 2.47. The minimum Gasteiger partial charge on any atom is -0.444 e. The average molecular weight is 766 g/mol. The van der Waals surface area contributed by atoms with E-state index in [4.69, 9.17) is 27.9 Å². The van der Waals surface area contributed by atoms with Gasteiger partial charge in [-0.2, -0.15) is 0 Å². The van der Waals surface area contributed by atoms with Gasteiger partial charge in [0, 0.05) is 32.5 Å². The maximum absolute atomic E-state index is 14.1. The maximum Gasteiger partial charge on any atom is 0.408 e. The van der Waals surface area contributed by atoms with E-state index in [1.54, 1.807) is 86.0 Å². The lowest BCUT2D eigenvalue weighted by Crippen LogP contribution is -2.61. The average Bonchev–Trinajstić information content (AvgIpc) is 3.90. The van der Waals surface area contributed by atoms with E-state index in [1.807, 2.05) is 0 Å². The van der Waals surface area contributed by atoms with Crippen molar-refractivity contribution in [1.29, 1.82) is 0 Å².